The number of aromatic nitrogens is 1. The monoisotopic (exact) mass is 674 g/mol. The first-order valence-electron chi connectivity index (χ1n) is 16.6. The molecule has 3 atom stereocenters. The van der Waals surface area contributed by atoms with Crippen LogP contribution in [0.5, 0.6) is 5.75 Å². The predicted octanol–water partition coefficient (Wildman–Crippen LogP) is 2.80. The number of hydrogen-bond donors (Lipinski definition) is 2. The fraction of sp³-hybridized carbons (Fsp3) is 0.647. The van der Waals surface area contributed by atoms with Crippen molar-refractivity contribution >= 4 is 46.9 Å². The molecule has 13 heteroatoms. The number of nitrogens with zero attached hydrogens (tertiary/aromatic N) is 4. The quantitative estimate of drug-likeness (QED) is 0.395. The Labute approximate surface area is 283 Å². The Kier molecular flexibility index (Phi) is 11.8. The summed E-state index contributed by atoms with van der Waals surface area (Å²) < 4.78 is 12.7. The van der Waals surface area contributed by atoms with Gasteiger partial charge in [0.2, 0.25) is 11.8 Å². The number of ether oxygens (including phenoxy) is 2. The number of benzene rings is 1. The molecule has 1 aromatic carbocycles. The largest absolute Gasteiger partial charge is 0.497 e. The minimum atomic E-state index is -1.18. The maximum atomic E-state index is 14.3. The second-order valence-corrected chi connectivity index (χ2v) is 13.2. The van der Waals surface area contributed by atoms with Crippen LogP contribution in [0.4, 0.5) is 0 Å². The lowest BCUT2D eigenvalue weighted by Crippen LogP contribution is -2.64. The zero-order valence-electron chi connectivity index (χ0n) is 28.4. The van der Waals surface area contributed by atoms with E-state index in [-0.39, 0.29) is 42.1 Å². The summed E-state index contributed by atoms with van der Waals surface area (Å²) in [6.45, 7) is 4.05. The van der Waals surface area contributed by atoms with Crippen LogP contribution in [0.2, 0.25) is 0 Å². The van der Waals surface area contributed by atoms with Crippen molar-refractivity contribution in [2.75, 3.05) is 60.6 Å². The first-order chi connectivity index (χ1) is 22.1. The van der Waals surface area contributed by atoms with Gasteiger partial charge in [-0.3, -0.25) is 19.2 Å². The highest BCUT2D eigenvalue weighted by molar-refractivity contribution is 6.16. The van der Waals surface area contributed by atoms with Crippen LogP contribution in [-0.4, -0.2) is 115 Å². The number of nitrogens with two attached hydrogens (primary N) is 1. The molecular weight excluding hydrogens is 624 g/mol. The van der Waals surface area contributed by atoms with Crippen molar-refractivity contribution in [1.29, 1.82) is 0 Å². The lowest BCUT2D eigenvalue weighted by atomic mass is 9.69. The van der Waals surface area contributed by atoms with Gasteiger partial charge in [-0.15, -0.1) is 12.4 Å². The predicted molar refractivity (Wildman–Crippen MR) is 182 cm³/mol. The summed E-state index contributed by atoms with van der Waals surface area (Å²) in [5, 5.41) is 3.78. The van der Waals surface area contributed by atoms with E-state index in [9.17, 15) is 19.2 Å². The van der Waals surface area contributed by atoms with E-state index in [2.05, 4.69) is 5.32 Å². The summed E-state index contributed by atoms with van der Waals surface area (Å²) >= 11 is 0. The van der Waals surface area contributed by atoms with Gasteiger partial charge in [-0.2, -0.15) is 0 Å². The van der Waals surface area contributed by atoms with E-state index >= 15 is 0 Å². The van der Waals surface area contributed by atoms with Crippen molar-refractivity contribution in [3.8, 4) is 5.75 Å². The normalized spacial score (nSPS) is 20.9. The number of rotatable bonds is 10. The number of piperazine rings is 1. The van der Waals surface area contributed by atoms with Crippen LogP contribution >= 0.6 is 12.4 Å². The fourth-order valence-corrected chi connectivity index (χ4v) is 7.92. The molecule has 2 aromatic rings. The molecule has 0 radical (unpaired) electrons. The van der Waals surface area contributed by atoms with Crippen molar-refractivity contribution in [3.63, 3.8) is 0 Å². The number of amides is 4. The molecule has 5 rings (SSSR count). The molecule has 1 aliphatic carbocycles. The average Bonchev–Trinajstić information content (AvgIpc) is 3.66. The van der Waals surface area contributed by atoms with Crippen molar-refractivity contribution in [2.24, 2.45) is 24.6 Å². The number of halogens is 1. The topological polar surface area (TPSA) is 139 Å². The first-order valence-corrected chi connectivity index (χ1v) is 16.6. The molecule has 0 bridgehead atoms. The number of carbonyl (C=O) groups is 4. The molecule has 47 heavy (non-hydrogen) atoms. The second kappa shape index (κ2) is 15.3. The highest BCUT2D eigenvalue weighted by atomic mass is 35.5. The molecule has 2 aliphatic heterocycles. The highest BCUT2D eigenvalue weighted by Crippen LogP contribution is 2.38. The maximum absolute atomic E-state index is 14.3. The van der Waals surface area contributed by atoms with Crippen LogP contribution in [0, 0.1) is 11.8 Å². The molecule has 2 saturated heterocycles. The number of methoxy groups -OCH3 is 2. The molecule has 3 fully saturated rings. The Balaban J connectivity index is 0.00000500. The summed E-state index contributed by atoms with van der Waals surface area (Å²) in [6, 6.07) is 5.45. The van der Waals surface area contributed by atoms with E-state index < -0.39 is 17.4 Å². The summed E-state index contributed by atoms with van der Waals surface area (Å²) in [6.07, 6.45) is 6.66. The molecule has 12 nitrogen and oxygen atoms in total. The van der Waals surface area contributed by atoms with Crippen LogP contribution in [0.3, 0.4) is 0 Å². The SMILES string of the molecule is CNC(C)(C(N)=O)[C@@H](C(=O)N1CCN(C(=O)c2c(C(=O)N3CCC[C@@H]3COC)c3ccc(OC)cc3n2C)CC1)C1CCCCC1.Cl. The smallest absolute Gasteiger partial charge is 0.271 e. The van der Waals surface area contributed by atoms with Gasteiger partial charge in [0.1, 0.15) is 17.0 Å². The van der Waals surface area contributed by atoms with Crippen LogP contribution in [0.15, 0.2) is 18.2 Å². The van der Waals surface area contributed by atoms with Crippen LogP contribution in [-0.2, 0) is 21.4 Å². The van der Waals surface area contributed by atoms with Gasteiger partial charge < -0.3 is 39.8 Å². The standard InChI is InChI=1S/C34H50N6O6.ClH/c1-34(36-2,33(35)44)28(22-10-7-6-8-11-22)31(42)38-16-18-39(19-17-38)32(43)29-27(30(41)40-15-9-12-23(40)21-45-4)25-14-13-24(46-5)20-26(25)37(29)3;/h13-14,20,22-23,28,36H,6-12,15-19,21H2,1-5H3,(H2,35,44);1H/t23-,28-,34?;/m1./s1. The van der Waals surface area contributed by atoms with E-state index in [4.69, 9.17) is 15.2 Å². The van der Waals surface area contributed by atoms with Gasteiger partial charge in [0.15, 0.2) is 0 Å². The zero-order chi connectivity index (χ0) is 33.2. The van der Waals surface area contributed by atoms with Gasteiger partial charge in [-0.05, 0) is 57.7 Å². The van der Waals surface area contributed by atoms with Gasteiger partial charge >= 0.3 is 0 Å². The molecule has 3 aliphatic rings. The Morgan fingerprint density at radius 1 is 0.957 bits per heavy atom. The average molecular weight is 675 g/mol. The lowest BCUT2D eigenvalue weighted by molar-refractivity contribution is -0.147. The van der Waals surface area contributed by atoms with E-state index in [0.29, 0.717) is 61.7 Å². The minimum absolute atomic E-state index is 0. The third kappa shape index (κ3) is 6.82. The first kappa shape index (κ1) is 36.5. The van der Waals surface area contributed by atoms with Crippen molar-refractivity contribution in [2.45, 2.75) is 63.5 Å². The number of primary amides is 1. The van der Waals surface area contributed by atoms with Gasteiger partial charge in [0, 0.05) is 58.3 Å². The number of hydrogen-bond acceptors (Lipinski definition) is 7. The van der Waals surface area contributed by atoms with Crippen molar-refractivity contribution < 1.29 is 28.7 Å². The number of carbonyl (C=O) groups excluding carboxylic acids is 4. The third-order valence-corrected chi connectivity index (χ3v) is 10.7. The van der Waals surface area contributed by atoms with Crippen LogP contribution < -0.4 is 15.8 Å². The number of likely N-dealkylation sites (N-methyl/N-ethyl adjacent to an activating group) is 1. The Morgan fingerprint density at radius 3 is 2.21 bits per heavy atom. The number of likely N-dealkylation sites (tertiary alicyclic amines) is 1. The molecule has 4 amide bonds. The van der Waals surface area contributed by atoms with Crippen LogP contribution in [0.1, 0.15) is 72.7 Å². The third-order valence-electron chi connectivity index (χ3n) is 10.7. The second-order valence-electron chi connectivity index (χ2n) is 13.2. The van der Waals surface area contributed by atoms with E-state index in [1.165, 1.54) is 0 Å². The van der Waals surface area contributed by atoms with Crippen molar-refractivity contribution in [3.05, 3.63) is 29.5 Å². The maximum Gasteiger partial charge on any atom is 0.271 e. The van der Waals surface area contributed by atoms with Gasteiger partial charge in [-0.1, -0.05) is 19.3 Å². The Bertz CT molecular complexity index is 1470. The summed E-state index contributed by atoms with van der Waals surface area (Å²) in [5.74, 6) is -0.968. The lowest BCUT2D eigenvalue weighted by Gasteiger charge is -2.44. The Morgan fingerprint density at radius 2 is 1.62 bits per heavy atom. The van der Waals surface area contributed by atoms with Crippen molar-refractivity contribution in [1.82, 2.24) is 24.6 Å². The van der Waals surface area contributed by atoms with Gasteiger partial charge in [0.05, 0.1) is 36.8 Å². The van der Waals surface area contributed by atoms with E-state index in [1.807, 2.05) is 23.1 Å². The molecule has 0 spiro atoms. The van der Waals surface area contributed by atoms with E-state index in [0.717, 1.165) is 50.5 Å². The molecule has 1 saturated carbocycles. The highest BCUT2D eigenvalue weighted by Gasteiger charge is 2.49. The fourth-order valence-electron chi connectivity index (χ4n) is 7.92. The van der Waals surface area contributed by atoms with E-state index in [1.54, 1.807) is 49.6 Å². The molecule has 260 valence electrons. The number of aryl methyl sites for hydroxylation is 1. The van der Waals surface area contributed by atoms with Crippen LogP contribution in [0.25, 0.3) is 10.9 Å². The zero-order valence-corrected chi connectivity index (χ0v) is 29.2. The molecule has 1 unspecified atom stereocenters. The number of fused-ring (bicyclic) bond motifs is 1. The minimum Gasteiger partial charge on any atom is -0.497 e. The molecule has 3 heterocycles. The summed E-state index contributed by atoms with van der Waals surface area (Å²) in [7, 11) is 6.71. The Hall–Kier alpha value is -3.35. The number of nitrogens with one attached hydrogen (secondary N) is 1. The van der Waals surface area contributed by atoms with Gasteiger partial charge in [0.25, 0.3) is 11.8 Å². The summed E-state index contributed by atoms with van der Waals surface area (Å²) in [5.41, 5.74) is 6.15. The molecular formula is C34H51ClN6O6. The molecule has 1 aromatic heterocycles. The molecule has 3 N–H and O–H groups in total. The van der Waals surface area contributed by atoms with Gasteiger partial charge in [-0.25, -0.2) is 0 Å². The summed E-state index contributed by atoms with van der Waals surface area (Å²) in [4.78, 5) is 60.8.